The Kier molecular flexibility index (Phi) is 6.14. The van der Waals surface area contributed by atoms with Crippen LogP contribution in [0.25, 0.3) is 6.08 Å². The van der Waals surface area contributed by atoms with E-state index in [0.717, 1.165) is 0 Å². The maximum Gasteiger partial charge on any atom is 0.573 e. The van der Waals surface area contributed by atoms with Crippen molar-refractivity contribution in [2.75, 3.05) is 0 Å². The van der Waals surface area contributed by atoms with Gasteiger partial charge in [0, 0.05) is 12.7 Å². The average Bonchev–Trinajstić information content (AvgIpc) is 2.66. The van der Waals surface area contributed by atoms with Crippen molar-refractivity contribution in [1.82, 2.24) is 4.90 Å². The third-order valence-corrected chi connectivity index (χ3v) is 7.03. The maximum atomic E-state index is 12.5. The summed E-state index contributed by atoms with van der Waals surface area (Å²) in [7, 11) is -3.69. The number of hydrogen-bond donors (Lipinski definition) is 0. The van der Waals surface area contributed by atoms with Gasteiger partial charge >= 0.3 is 6.36 Å². The summed E-state index contributed by atoms with van der Waals surface area (Å²) in [6.45, 7) is 1.51. The molecule has 160 valence electrons. The minimum Gasteiger partial charge on any atom is -0.406 e. The van der Waals surface area contributed by atoms with Gasteiger partial charge in [0.05, 0.1) is 4.90 Å². The van der Waals surface area contributed by atoms with E-state index in [1.807, 2.05) is 0 Å². The number of nitrogens with zero attached hydrogens (tertiary/aromatic N) is 1. The number of carbonyl (C=O) groups is 1. The second kappa shape index (κ2) is 8.31. The second-order valence-corrected chi connectivity index (χ2v) is 9.82. The summed E-state index contributed by atoms with van der Waals surface area (Å²) in [5, 5.41) is 0. The van der Waals surface area contributed by atoms with Crippen molar-refractivity contribution < 1.29 is 31.1 Å². The SMILES string of the molecule is CC(Cl)S(=O)(=O)c1cccc(CN2C=Cc3ccc(OC(F)(F)F)cc3C2C=O)c1. The number of hydrogen-bond acceptors (Lipinski definition) is 5. The van der Waals surface area contributed by atoms with Gasteiger partial charge in [0.15, 0.2) is 9.84 Å². The van der Waals surface area contributed by atoms with E-state index in [0.29, 0.717) is 23.0 Å². The number of alkyl halides is 4. The molecule has 0 radical (unpaired) electrons. The molecular weight excluding hydrogens is 443 g/mol. The molecule has 0 bridgehead atoms. The van der Waals surface area contributed by atoms with E-state index in [4.69, 9.17) is 11.6 Å². The van der Waals surface area contributed by atoms with Gasteiger partial charge in [-0.2, -0.15) is 0 Å². The highest BCUT2D eigenvalue weighted by atomic mass is 35.5. The smallest absolute Gasteiger partial charge is 0.406 e. The fourth-order valence-corrected chi connectivity index (χ4v) is 4.39. The number of rotatable bonds is 6. The molecule has 0 saturated heterocycles. The lowest BCUT2D eigenvalue weighted by atomic mass is 9.96. The largest absolute Gasteiger partial charge is 0.573 e. The molecule has 1 aliphatic rings. The van der Waals surface area contributed by atoms with Crippen LogP contribution >= 0.6 is 11.6 Å². The number of ether oxygens (including phenoxy) is 1. The van der Waals surface area contributed by atoms with Crippen LogP contribution in [0.4, 0.5) is 13.2 Å². The third-order valence-electron chi connectivity index (χ3n) is 4.56. The van der Waals surface area contributed by atoms with Crippen LogP contribution in [0, 0.1) is 0 Å². The zero-order chi connectivity index (χ0) is 22.1. The fraction of sp³-hybridized carbons (Fsp3) is 0.250. The van der Waals surface area contributed by atoms with Crippen LogP contribution in [0.3, 0.4) is 0 Å². The van der Waals surface area contributed by atoms with Gasteiger partial charge in [0.1, 0.15) is 22.8 Å². The molecule has 30 heavy (non-hydrogen) atoms. The van der Waals surface area contributed by atoms with E-state index >= 15 is 0 Å². The molecule has 2 aromatic carbocycles. The van der Waals surface area contributed by atoms with Crippen molar-refractivity contribution in [3.8, 4) is 5.75 Å². The lowest BCUT2D eigenvalue weighted by Gasteiger charge is -2.32. The zero-order valence-electron chi connectivity index (χ0n) is 15.6. The molecule has 0 N–H and O–H groups in total. The molecule has 1 aliphatic heterocycles. The molecule has 1 heterocycles. The number of halogens is 4. The summed E-state index contributed by atoms with van der Waals surface area (Å²) in [5.74, 6) is -0.424. The third kappa shape index (κ3) is 4.79. The quantitative estimate of drug-likeness (QED) is 0.464. The predicted octanol–water partition coefficient (Wildman–Crippen LogP) is 4.67. The molecular formula is C20H17ClF3NO4S. The molecule has 10 heteroatoms. The number of benzene rings is 2. The van der Waals surface area contributed by atoms with E-state index in [9.17, 15) is 26.4 Å². The van der Waals surface area contributed by atoms with Crippen molar-refractivity contribution in [2.24, 2.45) is 0 Å². The molecule has 0 aliphatic carbocycles. The lowest BCUT2D eigenvalue weighted by molar-refractivity contribution is -0.274. The number of carbonyl (C=O) groups excluding carboxylic acids is 1. The Bertz CT molecular complexity index is 1080. The van der Waals surface area contributed by atoms with Crippen molar-refractivity contribution >= 4 is 33.8 Å². The Hall–Kier alpha value is -2.52. The molecule has 2 unspecified atom stereocenters. The number of fused-ring (bicyclic) bond motifs is 1. The predicted molar refractivity (Wildman–Crippen MR) is 105 cm³/mol. The van der Waals surface area contributed by atoms with Gasteiger partial charge in [0.25, 0.3) is 0 Å². The van der Waals surface area contributed by atoms with Crippen molar-refractivity contribution in [1.29, 1.82) is 0 Å². The summed E-state index contributed by atoms with van der Waals surface area (Å²) >= 11 is 5.76. The standard InChI is InChI=1S/C20H17ClF3NO4S/c1-13(21)30(27,28)17-4-2-3-14(9-17)11-25-8-7-15-5-6-16(29-20(22,23)24)10-18(15)19(25)12-26/h2-10,12-13,19H,11H2,1H3. The first-order chi connectivity index (χ1) is 14.0. The molecule has 0 amide bonds. The monoisotopic (exact) mass is 459 g/mol. The van der Waals surface area contributed by atoms with Crippen LogP contribution < -0.4 is 4.74 Å². The number of aldehydes is 1. The average molecular weight is 460 g/mol. The summed E-state index contributed by atoms with van der Waals surface area (Å²) in [6.07, 6.45) is -0.938. The molecule has 0 aromatic heterocycles. The first-order valence-corrected chi connectivity index (χ1v) is 10.8. The van der Waals surface area contributed by atoms with Crippen molar-refractivity contribution in [3.63, 3.8) is 0 Å². The molecule has 0 spiro atoms. The Balaban J connectivity index is 1.90. The maximum absolute atomic E-state index is 12.5. The van der Waals surface area contributed by atoms with Gasteiger partial charge in [-0.05, 0) is 54.0 Å². The van der Waals surface area contributed by atoms with Crippen LogP contribution in [0.1, 0.15) is 29.7 Å². The van der Waals surface area contributed by atoms with Crippen LogP contribution in [0.2, 0.25) is 0 Å². The van der Waals surface area contributed by atoms with Gasteiger partial charge < -0.3 is 14.4 Å². The van der Waals surface area contributed by atoms with E-state index in [1.165, 1.54) is 37.3 Å². The highest BCUT2D eigenvalue weighted by Crippen LogP contribution is 2.34. The van der Waals surface area contributed by atoms with E-state index < -0.39 is 32.7 Å². The van der Waals surface area contributed by atoms with Gasteiger partial charge in [-0.25, -0.2) is 8.42 Å². The van der Waals surface area contributed by atoms with Gasteiger partial charge in [0.2, 0.25) is 0 Å². The number of sulfone groups is 1. The van der Waals surface area contributed by atoms with E-state index in [-0.39, 0.29) is 11.4 Å². The second-order valence-electron chi connectivity index (χ2n) is 6.64. The molecule has 3 rings (SSSR count). The normalized spacial score (nSPS) is 17.4. The van der Waals surface area contributed by atoms with Gasteiger partial charge in [-0.15, -0.1) is 24.8 Å². The first kappa shape index (κ1) is 22.2. The Morgan fingerprint density at radius 3 is 2.60 bits per heavy atom. The summed E-state index contributed by atoms with van der Waals surface area (Å²) in [5.41, 5.74) is 1.54. The van der Waals surface area contributed by atoms with Crippen molar-refractivity contribution in [3.05, 3.63) is 65.4 Å². The van der Waals surface area contributed by atoms with E-state index in [2.05, 4.69) is 4.74 Å². The topological polar surface area (TPSA) is 63.7 Å². The minimum atomic E-state index is -4.85. The highest BCUT2D eigenvalue weighted by molar-refractivity contribution is 7.93. The molecule has 2 aromatic rings. The zero-order valence-corrected chi connectivity index (χ0v) is 17.2. The fourth-order valence-electron chi connectivity index (χ4n) is 3.13. The Morgan fingerprint density at radius 1 is 1.23 bits per heavy atom. The molecule has 5 nitrogen and oxygen atoms in total. The summed E-state index contributed by atoms with van der Waals surface area (Å²) in [6, 6.07) is 9.06. The molecule has 0 saturated carbocycles. The van der Waals surface area contributed by atoms with Gasteiger partial charge in [-0.1, -0.05) is 18.2 Å². The van der Waals surface area contributed by atoms with Crippen LogP contribution in [0.15, 0.2) is 53.6 Å². The van der Waals surface area contributed by atoms with Crippen LogP contribution in [-0.4, -0.2) is 30.7 Å². The van der Waals surface area contributed by atoms with E-state index in [1.54, 1.807) is 29.3 Å². The Labute approximate surface area is 176 Å². The summed E-state index contributed by atoms with van der Waals surface area (Å²) in [4.78, 5) is 13.4. The van der Waals surface area contributed by atoms with Crippen molar-refractivity contribution in [2.45, 2.75) is 35.5 Å². The molecule has 2 atom stereocenters. The van der Waals surface area contributed by atoms with Gasteiger partial charge in [-0.3, -0.25) is 0 Å². The van der Waals surface area contributed by atoms with Crippen LogP contribution in [-0.2, 0) is 21.2 Å². The van der Waals surface area contributed by atoms with Crippen LogP contribution in [0.5, 0.6) is 5.75 Å². The lowest BCUT2D eigenvalue weighted by Crippen LogP contribution is -2.27. The first-order valence-electron chi connectivity index (χ1n) is 8.77. The molecule has 0 fully saturated rings. The Morgan fingerprint density at radius 2 is 1.97 bits per heavy atom. The highest BCUT2D eigenvalue weighted by Gasteiger charge is 2.32. The summed E-state index contributed by atoms with van der Waals surface area (Å²) < 4.78 is 65.0. The minimum absolute atomic E-state index is 0.0485.